The van der Waals surface area contributed by atoms with Crippen LogP contribution in [0, 0.1) is 11.3 Å². The molecule has 1 aliphatic carbocycles. The zero-order chi connectivity index (χ0) is 13.6. The largest absolute Gasteiger partial charge is 0.377 e. The van der Waals surface area contributed by atoms with Gasteiger partial charge in [-0.2, -0.15) is 0 Å². The van der Waals surface area contributed by atoms with E-state index in [2.05, 4.69) is 6.92 Å². The molecule has 2 aliphatic rings. The van der Waals surface area contributed by atoms with Crippen molar-refractivity contribution in [3.05, 3.63) is 0 Å². The summed E-state index contributed by atoms with van der Waals surface area (Å²) in [5.41, 5.74) is 0.326. The van der Waals surface area contributed by atoms with E-state index >= 15 is 0 Å². The predicted octanol–water partition coefficient (Wildman–Crippen LogP) is 5.55. The summed E-state index contributed by atoms with van der Waals surface area (Å²) in [6, 6.07) is 0. The molecule has 2 fully saturated rings. The summed E-state index contributed by atoms with van der Waals surface area (Å²) in [5, 5.41) is 0. The van der Waals surface area contributed by atoms with Gasteiger partial charge >= 0.3 is 0 Å². The summed E-state index contributed by atoms with van der Waals surface area (Å²) in [5.74, 6) is 1.65. The minimum Gasteiger partial charge on any atom is -0.377 e. The second-order valence-corrected chi connectivity index (χ2v) is 7.01. The lowest BCUT2D eigenvalue weighted by atomic mass is 9.76. The Hall–Kier alpha value is 0.250. The molecular formula is C17H31ClO. The third-order valence-electron chi connectivity index (χ3n) is 5.10. The molecule has 1 saturated carbocycles. The van der Waals surface area contributed by atoms with Crippen molar-refractivity contribution in [1.82, 2.24) is 0 Å². The summed E-state index contributed by atoms with van der Waals surface area (Å²) in [6.07, 6.45) is 15.5. The van der Waals surface area contributed by atoms with Gasteiger partial charge in [-0.25, -0.2) is 0 Å². The van der Waals surface area contributed by atoms with Crippen LogP contribution in [0.5, 0.6) is 0 Å². The number of alkyl halides is 1. The maximum Gasteiger partial charge on any atom is 0.0671 e. The van der Waals surface area contributed by atoms with Crippen molar-refractivity contribution in [2.24, 2.45) is 11.3 Å². The molecule has 0 aromatic heterocycles. The van der Waals surface area contributed by atoms with Crippen LogP contribution in [0.4, 0.5) is 0 Å². The van der Waals surface area contributed by atoms with Gasteiger partial charge < -0.3 is 4.74 Å². The summed E-state index contributed by atoms with van der Waals surface area (Å²) < 4.78 is 6.01. The van der Waals surface area contributed by atoms with Gasteiger partial charge in [0, 0.05) is 17.9 Å². The van der Waals surface area contributed by atoms with Crippen LogP contribution in [0.1, 0.15) is 77.6 Å². The monoisotopic (exact) mass is 286 g/mol. The number of ether oxygens (including phenoxy) is 1. The molecule has 1 nitrogen and oxygen atoms in total. The van der Waals surface area contributed by atoms with Gasteiger partial charge in [-0.1, -0.05) is 51.9 Å². The van der Waals surface area contributed by atoms with Crippen LogP contribution in [0.15, 0.2) is 0 Å². The molecule has 1 heterocycles. The lowest BCUT2D eigenvalue weighted by molar-refractivity contribution is 0.0354. The first kappa shape index (κ1) is 15.6. The van der Waals surface area contributed by atoms with E-state index in [0.29, 0.717) is 11.5 Å². The quantitative estimate of drug-likeness (QED) is 0.378. The van der Waals surface area contributed by atoms with E-state index in [9.17, 15) is 0 Å². The molecule has 2 atom stereocenters. The topological polar surface area (TPSA) is 9.23 Å². The highest BCUT2D eigenvalue weighted by Crippen LogP contribution is 2.50. The maximum absolute atomic E-state index is 6.33. The van der Waals surface area contributed by atoms with E-state index < -0.39 is 0 Å². The molecule has 1 saturated heterocycles. The Kier molecular flexibility index (Phi) is 6.49. The summed E-state index contributed by atoms with van der Waals surface area (Å²) in [4.78, 5) is 0. The third-order valence-corrected chi connectivity index (χ3v) is 5.63. The van der Waals surface area contributed by atoms with Crippen LogP contribution in [-0.4, -0.2) is 18.6 Å². The Morgan fingerprint density at radius 1 is 1.05 bits per heavy atom. The molecule has 2 unspecified atom stereocenters. The second kappa shape index (κ2) is 7.88. The van der Waals surface area contributed by atoms with Crippen molar-refractivity contribution in [2.45, 2.75) is 83.7 Å². The first-order valence-corrected chi connectivity index (χ1v) is 9.03. The van der Waals surface area contributed by atoms with Crippen LogP contribution >= 0.6 is 11.6 Å². The molecular weight excluding hydrogens is 256 g/mol. The molecule has 0 bridgehead atoms. The van der Waals surface area contributed by atoms with Gasteiger partial charge in [-0.3, -0.25) is 0 Å². The lowest BCUT2D eigenvalue weighted by Gasteiger charge is -2.32. The summed E-state index contributed by atoms with van der Waals surface area (Å²) in [6.45, 7) is 3.23. The SMILES string of the molecule is CCCCCCCCCC1(CCl)CCOC1C1CC1. The molecule has 0 radical (unpaired) electrons. The van der Waals surface area contributed by atoms with Crippen molar-refractivity contribution >= 4 is 11.6 Å². The molecule has 0 spiro atoms. The normalized spacial score (nSPS) is 30.9. The third kappa shape index (κ3) is 4.36. The Bertz CT molecular complexity index is 252. The van der Waals surface area contributed by atoms with E-state index in [4.69, 9.17) is 16.3 Å². The van der Waals surface area contributed by atoms with Gasteiger partial charge in [0.2, 0.25) is 0 Å². The number of rotatable bonds is 10. The highest BCUT2D eigenvalue weighted by molar-refractivity contribution is 6.18. The minimum atomic E-state index is 0.326. The fourth-order valence-corrected chi connectivity index (χ4v) is 4.07. The Morgan fingerprint density at radius 3 is 2.37 bits per heavy atom. The van der Waals surface area contributed by atoms with E-state index in [1.54, 1.807) is 0 Å². The standard InChI is InChI=1S/C17H31ClO/c1-2-3-4-5-6-7-8-11-17(14-18)12-13-19-16(17)15-9-10-15/h15-16H,2-14H2,1H3. The molecule has 1 aliphatic heterocycles. The van der Waals surface area contributed by atoms with Crippen molar-refractivity contribution in [2.75, 3.05) is 12.5 Å². The van der Waals surface area contributed by atoms with Gasteiger partial charge in [-0.05, 0) is 31.6 Å². The van der Waals surface area contributed by atoms with Crippen LogP contribution in [0.3, 0.4) is 0 Å². The van der Waals surface area contributed by atoms with Gasteiger partial charge in [0.15, 0.2) is 0 Å². The summed E-state index contributed by atoms with van der Waals surface area (Å²) in [7, 11) is 0. The molecule has 19 heavy (non-hydrogen) atoms. The first-order valence-electron chi connectivity index (χ1n) is 8.50. The average molecular weight is 287 g/mol. The van der Waals surface area contributed by atoms with Crippen LogP contribution in [0.2, 0.25) is 0 Å². The molecule has 112 valence electrons. The molecule has 2 heteroatoms. The maximum atomic E-state index is 6.33. The first-order chi connectivity index (χ1) is 9.32. The van der Waals surface area contributed by atoms with Crippen molar-refractivity contribution in [1.29, 1.82) is 0 Å². The van der Waals surface area contributed by atoms with Crippen LogP contribution < -0.4 is 0 Å². The minimum absolute atomic E-state index is 0.326. The average Bonchev–Trinajstić information content (AvgIpc) is 3.19. The van der Waals surface area contributed by atoms with E-state index in [0.717, 1.165) is 18.4 Å². The van der Waals surface area contributed by atoms with Gasteiger partial charge in [0.05, 0.1) is 6.10 Å². The zero-order valence-corrected chi connectivity index (χ0v) is 13.4. The highest BCUT2D eigenvalue weighted by Gasteiger charge is 2.49. The van der Waals surface area contributed by atoms with Gasteiger partial charge in [-0.15, -0.1) is 11.6 Å². The predicted molar refractivity (Wildman–Crippen MR) is 82.8 cm³/mol. The smallest absolute Gasteiger partial charge is 0.0671 e. The zero-order valence-electron chi connectivity index (χ0n) is 12.6. The summed E-state index contributed by atoms with van der Waals surface area (Å²) >= 11 is 6.33. The number of unbranched alkanes of at least 4 members (excludes halogenated alkanes) is 6. The molecule has 0 aromatic rings. The van der Waals surface area contributed by atoms with E-state index in [-0.39, 0.29) is 0 Å². The highest BCUT2D eigenvalue weighted by atomic mass is 35.5. The van der Waals surface area contributed by atoms with Gasteiger partial charge in [0.1, 0.15) is 0 Å². The Balaban J connectivity index is 1.64. The lowest BCUT2D eigenvalue weighted by Crippen LogP contribution is -2.34. The van der Waals surface area contributed by atoms with Crippen molar-refractivity contribution < 1.29 is 4.74 Å². The van der Waals surface area contributed by atoms with E-state index in [1.165, 1.54) is 70.6 Å². The second-order valence-electron chi connectivity index (χ2n) is 6.75. The fourth-order valence-electron chi connectivity index (χ4n) is 3.65. The number of halogens is 1. The van der Waals surface area contributed by atoms with Crippen molar-refractivity contribution in [3.8, 4) is 0 Å². The Morgan fingerprint density at radius 2 is 1.74 bits per heavy atom. The van der Waals surface area contributed by atoms with Gasteiger partial charge in [0.25, 0.3) is 0 Å². The van der Waals surface area contributed by atoms with Crippen LogP contribution in [0.25, 0.3) is 0 Å². The molecule has 2 rings (SSSR count). The van der Waals surface area contributed by atoms with E-state index in [1.807, 2.05) is 0 Å². The fraction of sp³-hybridized carbons (Fsp3) is 1.00. The van der Waals surface area contributed by atoms with Crippen LogP contribution in [-0.2, 0) is 4.74 Å². The van der Waals surface area contributed by atoms with Crippen molar-refractivity contribution in [3.63, 3.8) is 0 Å². The molecule has 0 aromatic carbocycles. The number of hydrogen-bond donors (Lipinski definition) is 0. The Labute approximate surface area is 124 Å². The molecule has 0 amide bonds. The molecule has 0 N–H and O–H groups in total. The number of hydrogen-bond acceptors (Lipinski definition) is 1.